The van der Waals surface area contributed by atoms with E-state index in [2.05, 4.69) is 10.2 Å². The average molecular weight is 301 g/mol. The molecule has 2 aromatic rings. The maximum absolute atomic E-state index is 12.8. The van der Waals surface area contributed by atoms with Gasteiger partial charge in [0.2, 0.25) is 0 Å². The van der Waals surface area contributed by atoms with Crippen LogP contribution in [0.15, 0.2) is 29.1 Å². The smallest absolute Gasteiger partial charge is 0.275 e. The van der Waals surface area contributed by atoms with E-state index >= 15 is 0 Å². The Kier molecular flexibility index (Phi) is 4.20. The van der Waals surface area contributed by atoms with E-state index in [4.69, 9.17) is 4.74 Å². The molecule has 116 valence electrons. The first-order valence-corrected chi connectivity index (χ1v) is 7.59. The predicted molar refractivity (Wildman–Crippen MR) is 82.9 cm³/mol. The molecule has 1 N–H and O–H groups in total. The molecule has 0 bridgehead atoms. The summed E-state index contributed by atoms with van der Waals surface area (Å²) in [6.45, 7) is 3.86. The molecule has 2 heterocycles. The number of hydrogen-bond acceptors (Lipinski definition) is 4. The number of amides is 1. The van der Waals surface area contributed by atoms with Gasteiger partial charge in [-0.1, -0.05) is 18.2 Å². The third kappa shape index (κ3) is 2.74. The Hall–Kier alpha value is -2.21. The lowest BCUT2D eigenvalue weighted by atomic mass is 10.1. The molecule has 6 heteroatoms. The number of fused-ring (bicyclic) bond motifs is 1. The van der Waals surface area contributed by atoms with Crippen LogP contribution < -0.4 is 5.56 Å². The molecule has 1 amide bonds. The average Bonchev–Trinajstić information content (AvgIpc) is 2.55. The number of likely N-dealkylation sites (tertiary alicyclic amines) is 1. The SMILES string of the molecule is CCOC1CCCN(C(=O)c2n[nH]c(=O)c3ccccc23)C1. The second-order valence-electron chi connectivity index (χ2n) is 5.42. The first-order chi connectivity index (χ1) is 10.7. The quantitative estimate of drug-likeness (QED) is 0.933. The maximum atomic E-state index is 12.8. The van der Waals surface area contributed by atoms with Gasteiger partial charge in [-0.05, 0) is 25.8 Å². The van der Waals surface area contributed by atoms with Crippen molar-refractivity contribution < 1.29 is 9.53 Å². The molecule has 6 nitrogen and oxygen atoms in total. The molecule has 1 fully saturated rings. The summed E-state index contributed by atoms with van der Waals surface area (Å²) >= 11 is 0. The van der Waals surface area contributed by atoms with Gasteiger partial charge in [-0.15, -0.1) is 0 Å². The van der Waals surface area contributed by atoms with E-state index in [0.717, 1.165) is 12.8 Å². The topological polar surface area (TPSA) is 75.3 Å². The fourth-order valence-corrected chi connectivity index (χ4v) is 2.92. The Bertz CT molecular complexity index is 739. The highest BCUT2D eigenvalue weighted by molar-refractivity contribution is 6.04. The van der Waals surface area contributed by atoms with Crippen LogP contribution in [0.4, 0.5) is 0 Å². The summed E-state index contributed by atoms with van der Waals surface area (Å²) < 4.78 is 5.63. The van der Waals surface area contributed by atoms with Crippen LogP contribution in [0.5, 0.6) is 0 Å². The highest BCUT2D eigenvalue weighted by Gasteiger charge is 2.26. The van der Waals surface area contributed by atoms with Gasteiger partial charge in [-0.3, -0.25) is 9.59 Å². The predicted octanol–water partition coefficient (Wildman–Crippen LogP) is 1.56. The van der Waals surface area contributed by atoms with Crippen LogP contribution in [0.25, 0.3) is 10.8 Å². The van der Waals surface area contributed by atoms with Gasteiger partial charge >= 0.3 is 0 Å². The number of aromatic amines is 1. The minimum absolute atomic E-state index is 0.0803. The highest BCUT2D eigenvalue weighted by atomic mass is 16.5. The molecule has 3 rings (SSSR count). The molecule has 1 aromatic carbocycles. The first kappa shape index (κ1) is 14.7. The van der Waals surface area contributed by atoms with Gasteiger partial charge in [0.25, 0.3) is 11.5 Å². The number of carbonyl (C=O) groups is 1. The maximum Gasteiger partial charge on any atom is 0.275 e. The standard InChI is InChI=1S/C16H19N3O3/c1-2-22-11-6-5-9-19(10-11)16(21)14-12-7-3-4-8-13(12)15(20)18-17-14/h3-4,7-8,11H,2,5-6,9-10H2,1H3,(H,18,20). The normalized spacial score (nSPS) is 18.6. The molecule has 0 radical (unpaired) electrons. The Labute approximate surface area is 128 Å². The van der Waals surface area contributed by atoms with Crippen LogP contribution in [0.3, 0.4) is 0 Å². The number of H-pyrrole nitrogens is 1. The number of ether oxygens (including phenoxy) is 1. The molecule has 1 aliphatic heterocycles. The molecular formula is C16H19N3O3. The van der Waals surface area contributed by atoms with Crippen molar-refractivity contribution in [3.05, 3.63) is 40.3 Å². The van der Waals surface area contributed by atoms with Crippen LogP contribution in [-0.4, -0.2) is 46.8 Å². The molecule has 1 atom stereocenters. The minimum atomic E-state index is -0.280. The van der Waals surface area contributed by atoms with E-state index in [-0.39, 0.29) is 17.6 Å². The number of nitrogens with zero attached hydrogens (tertiary/aromatic N) is 2. The second-order valence-corrected chi connectivity index (χ2v) is 5.42. The van der Waals surface area contributed by atoms with Crippen LogP contribution in [0.1, 0.15) is 30.3 Å². The van der Waals surface area contributed by atoms with Gasteiger partial charge in [0.05, 0.1) is 11.5 Å². The lowest BCUT2D eigenvalue weighted by molar-refractivity contribution is 0.00707. The Morgan fingerprint density at radius 3 is 2.95 bits per heavy atom. The van der Waals surface area contributed by atoms with Gasteiger partial charge in [0.15, 0.2) is 5.69 Å². The monoisotopic (exact) mass is 301 g/mol. The third-order valence-corrected chi connectivity index (χ3v) is 3.97. The number of piperidine rings is 1. The molecule has 1 unspecified atom stereocenters. The van der Waals surface area contributed by atoms with E-state index in [1.165, 1.54) is 0 Å². The number of hydrogen-bond donors (Lipinski definition) is 1. The van der Waals surface area contributed by atoms with E-state index < -0.39 is 0 Å². The van der Waals surface area contributed by atoms with Gasteiger partial charge in [0.1, 0.15) is 0 Å². The third-order valence-electron chi connectivity index (χ3n) is 3.97. The Morgan fingerprint density at radius 2 is 2.18 bits per heavy atom. The zero-order valence-electron chi connectivity index (χ0n) is 12.5. The summed E-state index contributed by atoms with van der Waals surface area (Å²) in [5.41, 5.74) is 0.0188. The van der Waals surface area contributed by atoms with E-state index in [1.807, 2.05) is 6.92 Å². The van der Waals surface area contributed by atoms with Crippen LogP contribution in [-0.2, 0) is 4.74 Å². The molecule has 1 aromatic heterocycles. The minimum Gasteiger partial charge on any atom is -0.377 e. The van der Waals surface area contributed by atoms with Crippen molar-refractivity contribution in [1.82, 2.24) is 15.1 Å². The number of rotatable bonds is 3. The van der Waals surface area contributed by atoms with Gasteiger partial charge in [-0.2, -0.15) is 5.10 Å². The molecule has 0 spiro atoms. The zero-order valence-corrected chi connectivity index (χ0v) is 12.5. The van der Waals surface area contributed by atoms with E-state index in [9.17, 15) is 9.59 Å². The van der Waals surface area contributed by atoms with Gasteiger partial charge < -0.3 is 9.64 Å². The van der Waals surface area contributed by atoms with E-state index in [0.29, 0.717) is 36.2 Å². The summed E-state index contributed by atoms with van der Waals surface area (Å²) in [6.07, 6.45) is 1.96. The fourth-order valence-electron chi connectivity index (χ4n) is 2.92. The van der Waals surface area contributed by atoms with Crippen LogP contribution in [0.2, 0.25) is 0 Å². The lowest BCUT2D eigenvalue weighted by Gasteiger charge is -2.32. The van der Waals surface area contributed by atoms with Crippen molar-refractivity contribution in [2.45, 2.75) is 25.9 Å². The van der Waals surface area contributed by atoms with Crippen LogP contribution in [0, 0.1) is 0 Å². The fraction of sp³-hybridized carbons (Fsp3) is 0.438. The summed E-state index contributed by atoms with van der Waals surface area (Å²) in [7, 11) is 0. The van der Waals surface area contributed by atoms with Crippen molar-refractivity contribution in [3.63, 3.8) is 0 Å². The van der Waals surface area contributed by atoms with E-state index in [1.54, 1.807) is 29.2 Å². The largest absolute Gasteiger partial charge is 0.377 e. The molecule has 1 aliphatic rings. The van der Waals surface area contributed by atoms with Gasteiger partial charge in [-0.25, -0.2) is 5.10 Å². The Morgan fingerprint density at radius 1 is 1.41 bits per heavy atom. The number of carbonyl (C=O) groups excluding carboxylic acids is 1. The number of benzene rings is 1. The molecular weight excluding hydrogens is 282 g/mol. The summed E-state index contributed by atoms with van der Waals surface area (Å²) in [5.74, 6) is -0.156. The molecule has 1 saturated heterocycles. The molecule has 0 saturated carbocycles. The van der Waals surface area contributed by atoms with Crippen molar-refractivity contribution >= 4 is 16.7 Å². The van der Waals surface area contributed by atoms with Crippen LogP contribution >= 0.6 is 0 Å². The number of aromatic nitrogens is 2. The Balaban J connectivity index is 1.92. The van der Waals surface area contributed by atoms with Crippen molar-refractivity contribution in [1.29, 1.82) is 0 Å². The van der Waals surface area contributed by atoms with Crippen molar-refractivity contribution in [3.8, 4) is 0 Å². The first-order valence-electron chi connectivity index (χ1n) is 7.59. The number of nitrogens with one attached hydrogen (secondary N) is 1. The lowest BCUT2D eigenvalue weighted by Crippen LogP contribution is -2.43. The second kappa shape index (κ2) is 6.27. The zero-order chi connectivity index (χ0) is 15.5. The molecule has 0 aliphatic carbocycles. The summed E-state index contributed by atoms with van der Waals surface area (Å²) in [5, 5.41) is 7.48. The van der Waals surface area contributed by atoms with Crippen molar-refractivity contribution in [2.75, 3.05) is 19.7 Å². The molecule has 22 heavy (non-hydrogen) atoms. The highest BCUT2D eigenvalue weighted by Crippen LogP contribution is 2.19. The summed E-state index contributed by atoms with van der Waals surface area (Å²) in [6, 6.07) is 7.04. The summed E-state index contributed by atoms with van der Waals surface area (Å²) in [4.78, 5) is 26.3. The van der Waals surface area contributed by atoms with Crippen molar-refractivity contribution in [2.24, 2.45) is 0 Å². The van der Waals surface area contributed by atoms with Gasteiger partial charge in [0, 0.05) is 25.1 Å².